The standard InChI is InChI=1S/C12H22N6O/c1-8-7-18(3)6-5-9(8)14-11-15-10(13-2)16-12(17-11)19-4/h8-9H,5-7H2,1-4H3,(H2,13,14,15,16,17). The minimum atomic E-state index is 0.322. The van der Waals surface area contributed by atoms with Crippen LogP contribution in [0.2, 0.25) is 0 Å². The number of likely N-dealkylation sites (tertiary alicyclic amines) is 1. The lowest BCUT2D eigenvalue weighted by Crippen LogP contribution is -2.43. The summed E-state index contributed by atoms with van der Waals surface area (Å²) in [5.74, 6) is 1.63. The van der Waals surface area contributed by atoms with Crippen LogP contribution in [0.5, 0.6) is 6.01 Å². The monoisotopic (exact) mass is 266 g/mol. The van der Waals surface area contributed by atoms with E-state index in [-0.39, 0.29) is 0 Å². The van der Waals surface area contributed by atoms with Crippen LogP contribution < -0.4 is 15.4 Å². The van der Waals surface area contributed by atoms with Gasteiger partial charge in [-0.3, -0.25) is 0 Å². The fraction of sp³-hybridized carbons (Fsp3) is 0.750. The second kappa shape index (κ2) is 6.01. The van der Waals surface area contributed by atoms with Crippen LogP contribution in [0.15, 0.2) is 0 Å². The molecule has 0 aliphatic carbocycles. The third-order valence-corrected chi connectivity index (χ3v) is 3.44. The number of piperidine rings is 1. The zero-order valence-electron chi connectivity index (χ0n) is 12.0. The fourth-order valence-electron chi connectivity index (χ4n) is 2.36. The Bertz CT molecular complexity index is 404. The quantitative estimate of drug-likeness (QED) is 0.829. The third kappa shape index (κ3) is 3.44. The van der Waals surface area contributed by atoms with E-state index in [1.807, 2.05) is 0 Å². The van der Waals surface area contributed by atoms with Crippen LogP contribution >= 0.6 is 0 Å². The van der Waals surface area contributed by atoms with Gasteiger partial charge < -0.3 is 20.3 Å². The lowest BCUT2D eigenvalue weighted by Gasteiger charge is -2.35. The Hall–Kier alpha value is -1.63. The Morgan fingerprint density at radius 3 is 2.63 bits per heavy atom. The molecular formula is C12H22N6O. The molecular weight excluding hydrogens is 244 g/mol. The van der Waals surface area contributed by atoms with Crippen molar-refractivity contribution >= 4 is 11.9 Å². The van der Waals surface area contributed by atoms with E-state index in [1.165, 1.54) is 0 Å². The maximum absolute atomic E-state index is 5.08. The largest absolute Gasteiger partial charge is 0.467 e. The summed E-state index contributed by atoms with van der Waals surface area (Å²) in [5.41, 5.74) is 0. The Labute approximate surface area is 113 Å². The molecule has 1 aromatic heterocycles. The number of ether oxygens (including phenoxy) is 1. The van der Waals surface area contributed by atoms with Gasteiger partial charge in [0.2, 0.25) is 11.9 Å². The maximum atomic E-state index is 5.08. The normalized spacial score (nSPS) is 24.0. The van der Waals surface area contributed by atoms with E-state index in [2.05, 4.69) is 44.5 Å². The summed E-state index contributed by atoms with van der Waals surface area (Å²) in [6.45, 7) is 4.41. The average molecular weight is 266 g/mol. The summed E-state index contributed by atoms with van der Waals surface area (Å²) in [5, 5.41) is 6.30. The van der Waals surface area contributed by atoms with Crippen molar-refractivity contribution in [1.82, 2.24) is 19.9 Å². The van der Waals surface area contributed by atoms with Gasteiger partial charge in [0.05, 0.1) is 7.11 Å². The molecule has 1 aromatic rings. The summed E-state index contributed by atoms with van der Waals surface area (Å²) in [4.78, 5) is 15.0. The molecule has 2 heterocycles. The first-order chi connectivity index (χ1) is 9.12. The van der Waals surface area contributed by atoms with Gasteiger partial charge in [0.25, 0.3) is 0 Å². The zero-order chi connectivity index (χ0) is 13.8. The van der Waals surface area contributed by atoms with Crippen molar-refractivity contribution in [2.45, 2.75) is 19.4 Å². The number of rotatable bonds is 4. The number of hydrogen-bond acceptors (Lipinski definition) is 7. The number of nitrogens with zero attached hydrogens (tertiary/aromatic N) is 4. The van der Waals surface area contributed by atoms with Crippen LogP contribution in [0.4, 0.5) is 11.9 Å². The van der Waals surface area contributed by atoms with Crippen molar-refractivity contribution in [2.24, 2.45) is 5.92 Å². The summed E-state index contributed by atoms with van der Waals surface area (Å²) in [7, 11) is 5.48. The number of hydrogen-bond donors (Lipinski definition) is 2. The number of nitrogens with one attached hydrogen (secondary N) is 2. The van der Waals surface area contributed by atoms with E-state index in [9.17, 15) is 0 Å². The highest BCUT2D eigenvalue weighted by atomic mass is 16.5. The molecule has 0 radical (unpaired) electrons. The molecule has 1 saturated heterocycles. The van der Waals surface area contributed by atoms with Crippen LogP contribution in [-0.4, -0.2) is 60.2 Å². The van der Waals surface area contributed by atoms with Gasteiger partial charge in [-0.1, -0.05) is 6.92 Å². The highest BCUT2D eigenvalue weighted by Gasteiger charge is 2.25. The first-order valence-electron chi connectivity index (χ1n) is 6.55. The topological polar surface area (TPSA) is 75.2 Å². The molecule has 106 valence electrons. The molecule has 0 spiro atoms. The predicted molar refractivity (Wildman–Crippen MR) is 74.6 cm³/mol. The molecule has 1 aliphatic rings. The van der Waals surface area contributed by atoms with Gasteiger partial charge in [-0.2, -0.15) is 15.0 Å². The van der Waals surface area contributed by atoms with Crippen LogP contribution in [0.25, 0.3) is 0 Å². The highest BCUT2D eigenvalue weighted by Crippen LogP contribution is 2.20. The summed E-state index contributed by atoms with van der Waals surface area (Å²) < 4.78 is 5.08. The molecule has 2 atom stereocenters. The van der Waals surface area contributed by atoms with E-state index in [0.29, 0.717) is 29.9 Å². The molecule has 2 unspecified atom stereocenters. The van der Waals surface area contributed by atoms with Crippen LogP contribution in [-0.2, 0) is 0 Å². The zero-order valence-corrected chi connectivity index (χ0v) is 12.0. The van der Waals surface area contributed by atoms with Gasteiger partial charge >= 0.3 is 6.01 Å². The molecule has 1 aliphatic heterocycles. The molecule has 7 heteroatoms. The SMILES string of the molecule is CNc1nc(NC2CCN(C)CC2C)nc(OC)n1. The number of aromatic nitrogens is 3. The second-order valence-corrected chi connectivity index (χ2v) is 5.00. The lowest BCUT2D eigenvalue weighted by atomic mass is 9.94. The Morgan fingerprint density at radius 1 is 1.26 bits per heavy atom. The smallest absolute Gasteiger partial charge is 0.322 e. The Balaban J connectivity index is 2.09. The molecule has 0 bridgehead atoms. The van der Waals surface area contributed by atoms with Crippen molar-refractivity contribution < 1.29 is 4.74 Å². The van der Waals surface area contributed by atoms with Gasteiger partial charge in [-0.25, -0.2) is 0 Å². The Morgan fingerprint density at radius 2 is 2.00 bits per heavy atom. The molecule has 7 nitrogen and oxygen atoms in total. The molecule has 0 saturated carbocycles. The molecule has 19 heavy (non-hydrogen) atoms. The van der Waals surface area contributed by atoms with Crippen molar-refractivity contribution in [1.29, 1.82) is 0 Å². The van der Waals surface area contributed by atoms with Gasteiger partial charge in [0.1, 0.15) is 0 Å². The summed E-state index contributed by atoms with van der Waals surface area (Å²) in [6, 6.07) is 0.704. The van der Waals surface area contributed by atoms with Crippen LogP contribution in [0, 0.1) is 5.92 Å². The van der Waals surface area contributed by atoms with Crippen molar-refractivity contribution in [3.05, 3.63) is 0 Å². The summed E-state index contributed by atoms with van der Waals surface area (Å²) in [6.07, 6.45) is 1.08. The van der Waals surface area contributed by atoms with Gasteiger partial charge in [-0.05, 0) is 25.9 Å². The highest BCUT2D eigenvalue weighted by molar-refractivity contribution is 5.36. The van der Waals surface area contributed by atoms with E-state index in [4.69, 9.17) is 4.74 Å². The molecule has 0 amide bonds. The number of methoxy groups -OCH3 is 1. The van der Waals surface area contributed by atoms with E-state index in [0.717, 1.165) is 19.5 Å². The van der Waals surface area contributed by atoms with E-state index in [1.54, 1.807) is 14.2 Å². The van der Waals surface area contributed by atoms with Crippen LogP contribution in [0.3, 0.4) is 0 Å². The number of anilines is 2. The van der Waals surface area contributed by atoms with Crippen molar-refractivity contribution in [3.63, 3.8) is 0 Å². The van der Waals surface area contributed by atoms with E-state index < -0.39 is 0 Å². The second-order valence-electron chi connectivity index (χ2n) is 5.00. The van der Waals surface area contributed by atoms with Gasteiger partial charge in [0.15, 0.2) is 0 Å². The first kappa shape index (κ1) is 13.8. The Kier molecular flexibility index (Phi) is 4.36. The fourth-order valence-corrected chi connectivity index (χ4v) is 2.36. The maximum Gasteiger partial charge on any atom is 0.322 e. The molecule has 1 fully saturated rings. The molecule has 2 rings (SSSR count). The van der Waals surface area contributed by atoms with Crippen LogP contribution in [0.1, 0.15) is 13.3 Å². The van der Waals surface area contributed by atoms with E-state index >= 15 is 0 Å². The lowest BCUT2D eigenvalue weighted by molar-refractivity contribution is 0.205. The van der Waals surface area contributed by atoms with Crippen molar-refractivity contribution in [3.8, 4) is 6.01 Å². The molecule has 0 aromatic carbocycles. The van der Waals surface area contributed by atoms with Gasteiger partial charge in [0, 0.05) is 19.6 Å². The van der Waals surface area contributed by atoms with Crippen molar-refractivity contribution in [2.75, 3.05) is 44.9 Å². The average Bonchev–Trinajstić information content (AvgIpc) is 2.41. The minimum absolute atomic E-state index is 0.322. The predicted octanol–water partition coefficient (Wildman–Crippen LogP) is 0.674. The van der Waals surface area contributed by atoms with Gasteiger partial charge in [-0.15, -0.1) is 0 Å². The first-order valence-corrected chi connectivity index (χ1v) is 6.55. The third-order valence-electron chi connectivity index (χ3n) is 3.44. The molecule has 2 N–H and O–H groups in total. The minimum Gasteiger partial charge on any atom is -0.467 e. The summed E-state index contributed by atoms with van der Waals surface area (Å²) >= 11 is 0.